The first kappa shape index (κ1) is 22.2. The molecule has 0 fully saturated rings. The van der Waals surface area contributed by atoms with Crippen LogP contribution in [0.25, 0.3) is 10.8 Å². The van der Waals surface area contributed by atoms with Crippen molar-refractivity contribution in [2.45, 2.75) is 4.34 Å². The number of carbonyl (C=O) groups is 2. The minimum absolute atomic E-state index is 0.128. The molecule has 0 atom stereocenters. The van der Waals surface area contributed by atoms with Crippen molar-refractivity contribution in [2.24, 2.45) is 0 Å². The van der Waals surface area contributed by atoms with Crippen LogP contribution in [0.3, 0.4) is 0 Å². The zero-order valence-electron chi connectivity index (χ0n) is 16.2. The van der Waals surface area contributed by atoms with Gasteiger partial charge in [0.15, 0.2) is 4.34 Å². The maximum absolute atomic E-state index is 12.3. The molecule has 2 N–H and O–H groups in total. The van der Waals surface area contributed by atoms with Crippen molar-refractivity contribution in [3.8, 4) is 0 Å². The molecule has 2 amide bonds. The number of benzene rings is 2. The molecule has 0 saturated heterocycles. The number of fused-ring (bicyclic) bond motifs is 1. The first-order valence-electron chi connectivity index (χ1n) is 8.67. The predicted molar refractivity (Wildman–Crippen MR) is 119 cm³/mol. The van der Waals surface area contributed by atoms with Crippen LogP contribution in [0.5, 0.6) is 0 Å². The molecule has 1 aromatic heterocycles. The van der Waals surface area contributed by atoms with Gasteiger partial charge in [-0.15, -0.1) is 10.2 Å². The van der Waals surface area contributed by atoms with E-state index in [1.54, 1.807) is 0 Å². The van der Waals surface area contributed by atoms with Gasteiger partial charge < -0.3 is 5.32 Å². The molecule has 0 radical (unpaired) electrons. The Morgan fingerprint density at radius 2 is 1.80 bits per heavy atom. The summed E-state index contributed by atoms with van der Waals surface area (Å²) in [4.78, 5) is 24.2. The summed E-state index contributed by atoms with van der Waals surface area (Å²) in [6.45, 7) is -0.325. The topological polar surface area (TPSA) is 121 Å². The van der Waals surface area contributed by atoms with Crippen LogP contribution >= 0.6 is 23.1 Å². The minimum atomic E-state index is -3.45. The van der Waals surface area contributed by atoms with E-state index in [2.05, 4.69) is 20.8 Å². The lowest BCUT2D eigenvalue weighted by atomic mass is 10.1. The number of likely N-dealkylation sites (N-methyl/N-ethyl adjacent to an activating group) is 1. The number of amides is 2. The van der Waals surface area contributed by atoms with Crippen molar-refractivity contribution in [2.75, 3.05) is 36.2 Å². The zero-order chi connectivity index (χ0) is 21.7. The third-order valence-corrected chi connectivity index (χ3v) is 7.21. The highest BCUT2D eigenvalue weighted by Gasteiger charge is 2.17. The van der Waals surface area contributed by atoms with Crippen LogP contribution in [0.4, 0.5) is 10.8 Å². The predicted octanol–water partition coefficient (Wildman–Crippen LogP) is 2.25. The molecule has 3 rings (SSSR count). The molecule has 0 unspecified atom stereocenters. The van der Waals surface area contributed by atoms with Gasteiger partial charge in [0, 0.05) is 18.1 Å². The smallest absolute Gasteiger partial charge is 0.241 e. The molecule has 0 aliphatic carbocycles. The molecule has 0 aliphatic heterocycles. The molecule has 30 heavy (non-hydrogen) atoms. The third kappa shape index (κ3) is 5.98. The number of carbonyl (C=O) groups excluding carboxylic acids is 2. The fourth-order valence-electron chi connectivity index (χ4n) is 2.44. The minimum Gasteiger partial charge on any atom is -0.325 e. The fourth-order valence-corrected chi connectivity index (χ4v) is 4.36. The van der Waals surface area contributed by atoms with E-state index in [0.29, 0.717) is 4.34 Å². The summed E-state index contributed by atoms with van der Waals surface area (Å²) >= 11 is 2.30. The van der Waals surface area contributed by atoms with Crippen LogP contribution in [0.1, 0.15) is 0 Å². The number of nitrogens with one attached hydrogen (secondary N) is 2. The van der Waals surface area contributed by atoms with Crippen molar-refractivity contribution < 1.29 is 18.0 Å². The summed E-state index contributed by atoms with van der Waals surface area (Å²) in [5.41, 5.74) is 0.735. The second-order valence-electron chi connectivity index (χ2n) is 6.30. The first-order chi connectivity index (χ1) is 14.2. The molecule has 0 aliphatic rings. The Hall–Kier alpha value is -2.54. The Labute approximate surface area is 181 Å². The molecule has 0 saturated carbocycles. The summed E-state index contributed by atoms with van der Waals surface area (Å²) in [5, 5.41) is 15.4. The number of sulfonamides is 1. The van der Waals surface area contributed by atoms with Gasteiger partial charge in [0.1, 0.15) is 0 Å². The lowest BCUT2D eigenvalue weighted by molar-refractivity contribution is -0.116. The van der Waals surface area contributed by atoms with Crippen molar-refractivity contribution >= 4 is 66.5 Å². The molecular weight excluding hydrogens is 446 g/mol. The lowest BCUT2D eigenvalue weighted by Gasteiger charge is -2.12. The van der Waals surface area contributed by atoms with Crippen LogP contribution in [-0.4, -0.2) is 60.3 Å². The molecule has 3 aromatic rings. The molecule has 9 nitrogen and oxygen atoms in total. The summed E-state index contributed by atoms with van der Waals surface area (Å²) in [6.07, 6.45) is 1.02. The van der Waals surface area contributed by atoms with Gasteiger partial charge in [-0.25, -0.2) is 8.42 Å². The fraction of sp³-hybridized carbons (Fsp3) is 0.222. The van der Waals surface area contributed by atoms with Gasteiger partial charge in [-0.05, 0) is 11.5 Å². The van der Waals surface area contributed by atoms with E-state index in [1.165, 1.54) is 18.8 Å². The van der Waals surface area contributed by atoms with Crippen LogP contribution in [0, 0.1) is 0 Å². The van der Waals surface area contributed by atoms with Gasteiger partial charge in [0.25, 0.3) is 0 Å². The van der Waals surface area contributed by atoms with Crippen LogP contribution in [-0.2, 0) is 19.6 Å². The number of hydrogen-bond donors (Lipinski definition) is 2. The highest BCUT2D eigenvalue weighted by atomic mass is 32.2. The van der Waals surface area contributed by atoms with E-state index in [9.17, 15) is 18.0 Å². The molecule has 158 valence electrons. The SMILES string of the molecule is CN(CC(=O)Nc1nnc(SCC(=O)Nc2cccc3ccccc23)s1)S(C)(=O)=O. The van der Waals surface area contributed by atoms with Gasteiger partial charge >= 0.3 is 0 Å². The Bertz CT molecular complexity index is 1170. The van der Waals surface area contributed by atoms with E-state index >= 15 is 0 Å². The second-order valence-corrected chi connectivity index (χ2v) is 10.6. The van der Waals surface area contributed by atoms with E-state index in [1.807, 2.05) is 42.5 Å². The van der Waals surface area contributed by atoms with Gasteiger partial charge in [0.05, 0.1) is 18.6 Å². The molecule has 12 heteroatoms. The Balaban J connectivity index is 1.52. The number of anilines is 2. The standard InChI is InChI=1S/C18H19N5O4S3/c1-23(30(2,26)27)10-15(24)20-17-21-22-18(29-17)28-11-16(25)19-14-9-5-7-12-6-3-4-8-13(12)14/h3-9H,10-11H2,1-2H3,(H,19,25)(H,20,21,24). The molecular formula is C18H19N5O4S3. The van der Waals surface area contributed by atoms with Gasteiger partial charge in [-0.1, -0.05) is 59.5 Å². The van der Waals surface area contributed by atoms with Crippen molar-refractivity contribution in [3.63, 3.8) is 0 Å². The number of rotatable bonds is 8. The molecule has 0 bridgehead atoms. The lowest BCUT2D eigenvalue weighted by Crippen LogP contribution is -2.34. The number of thioether (sulfide) groups is 1. The normalized spacial score (nSPS) is 11.6. The first-order valence-corrected chi connectivity index (χ1v) is 12.3. The third-order valence-electron chi connectivity index (χ3n) is 3.98. The van der Waals surface area contributed by atoms with Crippen molar-refractivity contribution in [1.29, 1.82) is 0 Å². The highest BCUT2D eigenvalue weighted by molar-refractivity contribution is 8.01. The van der Waals surface area contributed by atoms with E-state index in [-0.39, 0.29) is 23.3 Å². The zero-order valence-corrected chi connectivity index (χ0v) is 18.6. The van der Waals surface area contributed by atoms with Crippen molar-refractivity contribution in [3.05, 3.63) is 42.5 Å². The molecule has 0 spiro atoms. The van der Waals surface area contributed by atoms with Crippen LogP contribution in [0.15, 0.2) is 46.8 Å². The summed E-state index contributed by atoms with van der Waals surface area (Å²) in [5.74, 6) is -0.584. The number of aromatic nitrogens is 2. The Kier molecular flexibility index (Phi) is 7.02. The maximum Gasteiger partial charge on any atom is 0.241 e. The highest BCUT2D eigenvalue weighted by Crippen LogP contribution is 2.27. The molecule has 1 heterocycles. The van der Waals surface area contributed by atoms with Gasteiger partial charge in [-0.2, -0.15) is 4.31 Å². The number of hydrogen-bond acceptors (Lipinski definition) is 8. The number of nitrogens with zero attached hydrogens (tertiary/aromatic N) is 3. The van der Waals surface area contributed by atoms with Crippen LogP contribution in [0.2, 0.25) is 0 Å². The average Bonchev–Trinajstić information content (AvgIpc) is 3.13. The van der Waals surface area contributed by atoms with Gasteiger partial charge in [-0.3, -0.25) is 14.9 Å². The monoisotopic (exact) mass is 465 g/mol. The summed E-state index contributed by atoms with van der Waals surface area (Å²) < 4.78 is 24.1. The maximum atomic E-state index is 12.3. The van der Waals surface area contributed by atoms with Crippen LogP contribution < -0.4 is 10.6 Å². The van der Waals surface area contributed by atoms with E-state index in [4.69, 9.17) is 0 Å². The quantitative estimate of drug-likeness (QED) is 0.386. The van der Waals surface area contributed by atoms with Gasteiger partial charge in [0.2, 0.25) is 27.0 Å². The average molecular weight is 466 g/mol. The van der Waals surface area contributed by atoms with E-state index < -0.39 is 15.9 Å². The largest absolute Gasteiger partial charge is 0.325 e. The Morgan fingerprint density at radius 3 is 2.57 bits per heavy atom. The Morgan fingerprint density at radius 1 is 1.07 bits per heavy atom. The summed E-state index contributed by atoms with van der Waals surface area (Å²) in [7, 11) is -2.14. The summed E-state index contributed by atoms with van der Waals surface area (Å²) in [6, 6.07) is 13.5. The second kappa shape index (κ2) is 9.51. The van der Waals surface area contributed by atoms with Crippen molar-refractivity contribution in [1.82, 2.24) is 14.5 Å². The molecule has 2 aromatic carbocycles. The van der Waals surface area contributed by atoms with E-state index in [0.717, 1.165) is 38.4 Å².